The maximum atomic E-state index is 5.88. The maximum Gasteiger partial charge on any atom is 0.191 e. The van der Waals surface area contributed by atoms with E-state index in [1.165, 1.54) is 0 Å². The van der Waals surface area contributed by atoms with Gasteiger partial charge >= 0.3 is 0 Å². The van der Waals surface area contributed by atoms with Gasteiger partial charge in [0.15, 0.2) is 11.0 Å². The first-order valence-corrected chi connectivity index (χ1v) is 9.06. The molecule has 0 N–H and O–H groups in total. The Morgan fingerprint density at radius 3 is 2.72 bits per heavy atom. The van der Waals surface area contributed by atoms with Gasteiger partial charge in [0.1, 0.15) is 12.4 Å². The summed E-state index contributed by atoms with van der Waals surface area (Å²) in [6.07, 6.45) is 3.61. The van der Waals surface area contributed by atoms with E-state index in [2.05, 4.69) is 21.8 Å². The van der Waals surface area contributed by atoms with E-state index in [9.17, 15) is 0 Å². The predicted octanol–water partition coefficient (Wildman–Crippen LogP) is 4.38. The van der Waals surface area contributed by atoms with E-state index >= 15 is 0 Å². The van der Waals surface area contributed by atoms with Crippen molar-refractivity contribution >= 4 is 23.4 Å². The van der Waals surface area contributed by atoms with Gasteiger partial charge < -0.3 is 4.74 Å². The standard InChI is InChI=1S/C18H17ClN4OS/c1-2-11-23-17(12-24-16-8-6-14(19)7-9-16)21-22-18(23)25-13-15-5-3-4-10-20-15/h2-10H,1,11-13H2. The summed E-state index contributed by atoms with van der Waals surface area (Å²) in [7, 11) is 0. The van der Waals surface area contributed by atoms with Crippen molar-refractivity contribution in [2.24, 2.45) is 0 Å². The lowest BCUT2D eigenvalue weighted by Crippen LogP contribution is -2.07. The number of nitrogens with zero attached hydrogens (tertiary/aromatic N) is 4. The third-order valence-corrected chi connectivity index (χ3v) is 4.61. The Labute approximate surface area is 155 Å². The fourth-order valence-corrected chi connectivity index (χ4v) is 3.15. The molecule has 0 amide bonds. The molecular weight excluding hydrogens is 356 g/mol. The van der Waals surface area contributed by atoms with Crippen LogP contribution in [-0.2, 0) is 18.9 Å². The lowest BCUT2D eigenvalue weighted by molar-refractivity contribution is 0.289. The summed E-state index contributed by atoms with van der Waals surface area (Å²) in [6.45, 7) is 4.76. The van der Waals surface area contributed by atoms with Crippen molar-refractivity contribution in [1.29, 1.82) is 0 Å². The zero-order valence-electron chi connectivity index (χ0n) is 13.5. The number of hydrogen-bond donors (Lipinski definition) is 0. The number of ether oxygens (including phenoxy) is 1. The highest BCUT2D eigenvalue weighted by atomic mass is 35.5. The van der Waals surface area contributed by atoms with Crippen molar-refractivity contribution in [2.45, 2.75) is 24.1 Å². The number of pyridine rings is 1. The van der Waals surface area contributed by atoms with E-state index in [1.54, 1.807) is 30.1 Å². The molecule has 0 saturated heterocycles. The third-order valence-electron chi connectivity index (χ3n) is 3.36. The monoisotopic (exact) mass is 372 g/mol. The molecule has 2 aromatic heterocycles. The van der Waals surface area contributed by atoms with Crippen molar-refractivity contribution in [1.82, 2.24) is 19.7 Å². The second kappa shape index (κ2) is 8.69. The number of hydrogen-bond acceptors (Lipinski definition) is 5. The van der Waals surface area contributed by atoms with Gasteiger partial charge in [0.25, 0.3) is 0 Å². The molecule has 0 saturated carbocycles. The Bertz CT molecular complexity index is 821. The van der Waals surface area contributed by atoms with E-state index in [0.717, 1.165) is 28.2 Å². The van der Waals surface area contributed by atoms with Gasteiger partial charge in [0.05, 0.1) is 5.69 Å². The highest BCUT2D eigenvalue weighted by Crippen LogP contribution is 2.22. The molecule has 7 heteroatoms. The van der Waals surface area contributed by atoms with Gasteiger partial charge in [-0.3, -0.25) is 9.55 Å². The van der Waals surface area contributed by atoms with Crippen LogP contribution in [-0.4, -0.2) is 19.7 Å². The zero-order chi connectivity index (χ0) is 17.5. The fourth-order valence-electron chi connectivity index (χ4n) is 2.15. The van der Waals surface area contributed by atoms with Crippen molar-refractivity contribution in [3.63, 3.8) is 0 Å². The second-order valence-electron chi connectivity index (χ2n) is 5.15. The smallest absolute Gasteiger partial charge is 0.191 e. The van der Waals surface area contributed by atoms with Gasteiger partial charge in [0, 0.05) is 23.5 Å². The lowest BCUT2D eigenvalue weighted by Gasteiger charge is -2.09. The van der Waals surface area contributed by atoms with Crippen molar-refractivity contribution in [3.05, 3.63) is 77.9 Å². The summed E-state index contributed by atoms with van der Waals surface area (Å²) < 4.78 is 7.77. The molecule has 0 bridgehead atoms. The van der Waals surface area contributed by atoms with Crippen LogP contribution in [0, 0.1) is 0 Å². The largest absolute Gasteiger partial charge is 0.486 e. The molecule has 1 aromatic carbocycles. The molecule has 2 heterocycles. The number of thioether (sulfide) groups is 1. The summed E-state index contributed by atoms with van der Waals surface area (Å²) in [5, 5.41) is 10.0. The molecule has 0 unspecified atom stereocenters. The number of rotatable bonds is 8. The normalized spacial score (nSPS) is 10.6. The molecule has 0 aliphatic heterocycles. The van der Waals surface area contributed by atoms with Crippen LogP contribution < -0.4 is 4.74 Å². The van der Waals surface area contributed by atoms with Crippen molar-refractivity contribution in [3.8, 4) is 5.75 Å². The molecule has 0 spiro atoms. The van der Waals surface area contributed by atoms with E-state index < -0.39 is 0 Å². The number of halogens is 1. The predicted molar refractivity (Wildman–Crippen MR) is 99.8 cm³/mol. The number of allylic oxidation sites excluding steroid dienone is 1. The van der Waals surface area contributed by atoms with Crippen molar-refractivity contribution in [2.75, 3.05) is 0 Å². The van der Waals surface area contributed by atoms with E-state index in [4.69, 9.17) is 16.3 Å². The Hall–Kier alpha value is -2.31. The first-order valence-electron chi connectivity index (χ1n) is 7.70. The van der Waals surface area contributed by atoms with Crippen LogP contribution in [0.5, 0.6) is 5.75 Å². The van der Waals surface area contributed by atoms with E-state index in [1.807, 2.05) is 41.0 Å². The minimum absolute atomic E-state index is 0.326. The first kappa shape index (κ1) is 17.5. The summed E-state index contributed by atoms with van der Waals surface area (Å²) in [6, 6.07) is 13.1. The molecule has 128 valence electrons. The molecule has 0 radical (unpaired) electrons. The average Bonchev–Trinajstić information content (AvgIpc) is 3.03. The Kier molecular flexibility index (Phi) is 6.09. The minimum atomic E-state index is 0.326. The SMILES string of the molecule is C=CCn1c(COc2ccc(Cl)cc2)nnc1SCc1ccccn1. The number of benzene rings is 1. The molecule has 0 aliphatic carbocycles. The molecule has 0 fully saturated rings. The van der Waals surface area contributed by atoms with Crippen LogP contribution >= 0.6 is 23.4 Å². The maximum absolute atomic E-state index is 5.88. The van der Waals surface area contributed by atoms with Crippen LogP contribution in [0.4, 0.5) is 0 Å². The third kappa shape index (κ3) is 4.84. The van der Waals surface area contributed by atoms with Gasteiger partial charge in [-0.15, -0.1) is 16.8 Å². The Morgan fingerprint density at radius 2 is 2.00 bits per heavy atom. The number of aromatic nitrogens is 4. The molecular formula is C18H17ClN4OS. The van der Waals surface area contributed by atoms with Crippen LogP contribution in [0.1, 0.15) is 11.5 Å². The van der Waals surface area contributed by atoms with Gasteiger partial charge in [-0.05, 0) is 36.4 Å². The fraction of sp³-hybridized carbons (Fsp3) is 0.167. The zero-order valence-corrected chi connectivity index (χ0v) is 15.1. The molecule has 3 aromatic rings. The highest BCUT2D eigenvalue weighted by molar-refractivity contribution is 7.98. The van der Waals surface area contributed by atoms with E-state index in [0.29, 0.717) is 18.2 Å². The molecule has 0 aliphatic rings. The Morgan fingerprint density at radius 1 is 1.16 bits per heavy atom. The summed E-state index contributed by atoms with van der Waals surface area (Å²) >= 11 is 7.47. The van der Waals surface area contributed by atoms with E-state index in [-0.39, 0.29) is 0 Å². The van der Waals surface area contributed by atoms with Gasteiger partial charge in [-0.25, -0.2) is 0 Å². The van der Waals surface area contributed by atoms with Gasteiger partial charge in [-0.2, -0.15) is 0 Å². The molecule has 5 nitrogen and oxygen atoms in total. The molecule has 3 rings (SSSR count). The molecule has 25 heavy (non-hydrogen) atoms. The quantitative estimate of drug-likeness (QED) is 0.433. The van der Waals surface area contributed by atoms with Crippen LogP contribution in [0.3, 0.4) is 0 Å². The topological polar surface area (TPSA) is 52.8 Å². The average molecular weight is 373 g/mol. The minimum Gasteiger partial charge on any atom is -0.486 e. The first-order chi connectivity index (χ1) is 12.3. The summed E-state index contributed by atoms with van der Waals surface area (Å²) in [5.74, 6) is 2.22. The summed E-state index contributed by atoms with van der Waals surface area (Å²) in [5.41, 5.74) is 1.000. The summed E-state index contributed by atoms with van der Waals surface area (Å²) in [4.78, 5) is 4.33. The van der Waals surface area contributed by atoms with Crippen LogP contribution in [0.2, 0.25) is 5.02 Å². The van der Waals surface area contributed by atoms with Gasteiger partial charge in [0.2, 0.25) is 0 Å². The van der Waals surface area contributed by atoms with Crippen molar-refractivity contribution < 1.29 is 4.74 Å². The van der Waals surface area contributed by atoms with Gasteiger partial charge in [-0.1, -0.05) is 35.5 Å². The lowest BCUT2D eigenvalue weighted by atomic mass is 10.3. The highest BCUT2D eigenvalue weighted by Gasteiger charge is 2.12. The van der Waals surface area contributed by atoms with Crippen LogP contribution in [0.15, 0.2) is 66.5 Å². The van der Waals surface area contributed by atoms with Crippen LogP contribution in [0.25, 0.3) is 0 Å². The molecule has 0 atom stereocenters. The second-order valence-corrected chi connectivity index (χ2v) is 6.53. The Balaban J connectivity index is 1.68.